The summed E-state index contributed by atoms with van der Waals surface area (Å²) in [6.45, 7) is 2.86. The van der Waals surface area contributed by atoms with Crippen LogP contribution in [0, 0.1) is 0 Å². The van der Waals surface area contributed by atoms with Crippen LogP contribution >= 0.6 is 11.3 Å². The number of hydrogen-bond acceptors (Lipinski definition) is 5. The number of nitrogens with zero attached hydrogens (tertiary/aromatic N) is 4. The first-order valence-corrected chi connectivity index (χ1v) is 8.20. The molecule has 118 valence electrons. The van der Waals surface area contributed by atoms with E-state index in [2.05, 4.69) is 9.97 Å². The van der Waals surface area contributed by atoms with Crippen LogP contribution in [0.5, 0.6) is 0 Å². The van der Waals surface area contributed by atoms with Gasteiger partial charge in [-0.15, -0.1) is 11.3 Å². The molecule has 0 aliphatic carbocycles. The van der Waals surface area contributed by atoms with Crippen molar-refractivity contribution in [3.8, 4) is 10.6 Å². The molecule has 1 aliphatic heterocycles. The Hall–Kier alpha value is -2.54. The van der Waals surface area contributed by atoms with Crippen LogP contribution in [0.1, 0.15) is 23.8 Å². The van der Waals surface area contributed by atoms with Gasteiger partial charge in [-0.2, -0.15) is 0 Å². The van der Waals surface area contributed by atoms with Gasteiger partial charge in [0.25, 0.3) is 11.8 Å². The summed E-state index contributed by atoms with van der Waals surface area (Å²) in [4.78, 5) is 33.1. The molecule has 7 heteroatoms. The largest absolute Gasteiger partial charge is 0.291 e. The van der Waals surface area contributed by atoms with Crippen LogP contribution < -0.4 is 0 Å². The van der Waals surface area contributed by atoms with Crippen molar-refractivity contribution in [1.29, 1.82) is 0 Å². The Balaban J connectivity index is 1.81. The molecule has 2 aromatic heterocycles. The van der Waals surface area contributed by atoms with E-state index in [1.807, 2.05) is 12.1 Å². The molecule has 6 nitrogen and oxygen atoms in total. The number of hydrogen-bond donors (Lipinski definition) is 0. The third-order valence-corrected chi connectivity index (χ3v) is 4.35. The number of carbonyl (C=O) groups excluding carboxylic acids is 2. The van der Waals surface area contributed by atoms with Crippen molar-refractivity contribution in [1.82, 2.24) is 20.0 Å². The number of aromatic nitrogens is 2. The summed E-state index contributed by atoms with van der Waals surface area (Å²) in [7, 11) is 0. The van der Waals surface area contributed by atoms with E-state index in [9.17, 15) is 9.59 Å². The van der Waals surface area contributed by atoms with Crippen molar-refractivity contribution in [2.24, 2.45) is 0 Å². The maximum atomic E-state index is 12.6. The number of rotatable bonds is 3. The maximum absolute atomic E-state index is 12.6. The normalized spacial score (nSPS) is 14.7. The first-order valence-electron chi connectivity index (χ1n) is 7.32. The first-order chi connectivity index (χ1) is 11.2. The number of hydrazine groups is 1. The fraction of sp³-hybridized carbons (Fsp3) is 0.250. The lowest BCUT2D eigenvalue weighted by Crippen LogP contribution is -2.44. The van der Waals surface area contributed by atoms with Crippen LogP contribution in [0.3, 0.4) is 0 Å². The minimum absolute atomic E-state index is 0.180. The Bertz CT molecular complexity index is 742. The fourth-order valence-electron chi connectivity index (χ4n) is 2.41. The number of carbonyl (C=O) groups is 2. The highest BCUT2D eigenvalue weighted by molar-refractivity contribution is 7.13. The molecule has 23 heavy (non-hydrogen) atoms. The van der Waals surface area contributed by atoms with E-state index in [1.54, 1.807) is 30.8 Å². The van der Waals surface area contributed by atoms with Crippen LogP contribution in [0.4, 0.5) is 0 Å². The zero-order chi connectivity index (χ0) is 16.2. The predicted molar refractivity (Wildman–Crippen MR) is 87.5 cm³/mol. The predicted octanol–water partition coefficient (Wildman–Crippen LogP) is 2.37. The van der Waals surface area contributed by atoms with E-state index >= 15 is 0 Å². The van der Waals surface area contributed by atoms with Crippen LogP contribution in [0.25, 0.3) is 10.6 Å². The van der Waals surface area contributed by atoms with Gasteiger partial charge in [-0.3, -0.25) is 14.6 Å². The summed E-state index contributed by atoms with van der Waals surface area (Å²) in [5, 5.41) is 5.42. The topological polar surface area (TPSA) is 66.4 Å². The van der Waals surface area contributed by atoms with E-state index in [0.717, 1.165) is 17.0 Å². The molecular formula is C16H16N4O2S. The molecule has 0 atom stereocenters. The highest BCUT2D eigenvalue weighted by atomic mass is 32.1. The average molecular weight is 328 g/mol. The molecule has 0 saturated carbocycles. The van der Waals surface area contributed by atoms with E-state index in [-0.39, 0.29) is 11.8 Å². The quantitative estimate of drug-likeness (QED) is 0.811. The van der Waals surface area contributed by atoms with Gasteiger partial charge < -0.3 is 0 Å². The lowest BCUT2D eigenvalue weighted by Gasteiger charge is -2.26. The Morgan fingerprint density at radius 3 is 2.87 bits per heavy atom. The second-order valence-corrected chi connectivity index (χ2v) is 5.88. The van der Waals surface area contributed by atoms with Gasteiger partial charge in [-0.05, 0) is 25.5 Å². The molecule has 3 heterocycles. The standard InChI is InChI=1S/C16H16N4O2S/c1-2-5-14(21)19-8-4-9-20(19)16(22)13-11-23-15(18-13)12-6-3-7-17-10-12/h2-3,5-7,10-11H,4,8-9H2,1H3. The molecule has 2 aromatic rings. The summed E-state index contributed by atoms with van der Waals surface area (Å²) in [6, 6.07) is 3.73. The summed E-state index contributed by atoms with van der Waals surface area (Å²) < 4.78 is 0. The van der Waals surface area contributed by atoms with Crippen molar-refractivity contribution in [3.63, 3.8) is 0 Å². The summed E-state index contributed by atoms with van der Waals surface area (Å²) >= 11 is 1.39. The third kappa shape index (κ3) is 3.14. The fourth-order valence-corrected chi connectivity index (χ4v) is 3.19. The Morgan fingerprint density at radius 1 is 1.30 bits per heavy atom. The minimum atomic E-state index is -0.244. The third-order valence-electron chi connectivity index (χ3n) is 3.46. The number of allylic oxidation sites excluding steroid dienone is 1. The molecule has 0 N–H and O–H groups in total. The molecule has 1 fully saturated rings. The van der Waals surface area contributed by atoms with Crippen molar-refractivity contribution in [2.75, 3.05) is 13.1 Å². The Labute approximate surface area is 138 Å². The lowest BCUT2D eigenvalue weighted by atomic mass is 10.3. The van der Waals surface area contributed by atoms with Crippen molar-refractivity contribution in [2.45, 2.75) is 13.3 Å². The molecule has 3 rings (SSSR count). The second kappa shape index (κ2) is 6.70. The summed E-state index contributed by atoms with van der Waals surface area (Å²) in [6.07, 6.45) is 7.32. The van der Waals surface area contributed by atoms with Crippen LogP contribution in [0.2, 0.25) is 0 Å². The van der Waals surface area contributed by atoms with Gasteiger partial charge in [-0.25, -0.2) is 15.0 Å². The average Bonchev–Trinajstić information content (AvgIpc) is 3.25. The van der Waals surface area contributed by atoms with Gasteiger partial charge in [-0.1, -0.05) is 6.08 Å². The molecular weight excluding hydrogens is 312 g/mol. The molecule has 0 unspecified atom stereocenters. The van der Waals surface area contributed by atoms with E-state index in [0.29, 0.717) is 18.8 Å². The number of amides is 2. The molecule has 0 spiro atoms. The molecule has 1 saturated heterocycles. The van der Waals surface area contributed by atoms with Gasteiger partial charge in [0.05, 0.1) is 0 Å². The second-order valence-electron chi connectivity index (χ2n) is 5.02. The molecule has 0 bridgehead atoms. The van der Waals surface area contributed by atoms with E-state index < -0.39 is 0 Å². The smallest absolute Gasteiger partial charge is 0.268 e. The Morgan fingerprint density at radius 2 is 2.13 bits per heavy atom. The van der Waals surface area contributed by atoms with Crippen LogP contribution in [-0.2, 0) is 4.79 Å². The summed E-state index contributed by atoms with van der Waals surface area (Å²) in [5.41, 5.74) is 1.23. The molecule has 1 aliphatic rings. The number of pyridine rings is 1. The van der Waals surface area contributed by atoms with Gasteiger partial charge in [0.15, 0.2) is 0 Å². The van der Waals surface area contributed by atoms with Crippen molar-refractivity contribution in [3.05, 3.63) is 47.8 Å². The van der Waals surface area contributed by atoms with Crippen molar-refractivity contribution >= 4 is 23.2 Å². The van der Waals surface area contributed by atoms with Gasteiger partial charge in [0, 0.05) is 42.5 Å². The maximum Gasteiger partial charge on any atom is 0.291 e. The van der Waals surface area contributed by atoms with Gasteiger partial charge in [0.2, 0.25) is 0 Å². The van der Waals surface area contributed by atoms with Crippen LogP contribution in [-0.4, -0.2) is 44.9 Å². The number of thiazole rings is 1. The lowest BCUT2D eigenvalue weighted by molar-refractivity contribution is -0.135. The SMILES string of the molecule is CC=CC(=O)N1CCCN1C(=O)c1csc(-c2cccnc2)n1. The zero-order valence-electron chi connectivity index (χ0n) is 12.7. The van der Waals surface area contributed by atoms with Crippen LogP contribution in [0.15, 0.2) is 42.1 Å². The minimum Gasteiger partial charge on any atom is -0.268 e. The van der Waals surface area contributed by atoms with E-state index in [4.69, 9.17) is 0 Å². The van der Waals surface area contributed by atoms with E-state index in [1.165, 1.54) is 27.4 Å². The first kappa shape index (κ1) is 15.4. The Kier molecular flexibility index (Phi) is 4.47. The molecule has 0 aromatic carbocycles. The molecule has 2 amide bonds. The van der Waals surface area contributed by atoms with Gasteiger partial charge >= 0.3 is 0 Å². The van der Waals surface area contributed by atoms with Crippen molar-refractivity contribution < 1.29 is 9.59 Å². The summed E-state index contributed by atoms with van der Waals surface area (Å²) in [5.74, 6) is -0.423. The van der Waals surface area contributed by atoms with Gasteiger partial charge in [0.1, 0.15) is 10.7 Å². The zero-order valence-corrected chi connectivity index (χ0v) is 13.5. The monoisotopic (exact) mass is 328 g/mol. The highest BCUT2D eigenvalue weighted by Crippen LogP contribution is 2.24. The highest BCUT2D eigenvalue weighted by Gasteiger charge is 2.31. The molecule has 0 radical (unpaired) electrons.